The zero-order valence-electron chi connectivity index (χ0n) is 19.0. The average Bonchev–Trinajstić information content (AvgIpc) is 2.69. The molecule has 0 saturated carbocycles. The molecule has 0 aliphatic carbocycles. The third kappa shape index (κ3) is 6.08. The number of hydrogen-bond acceptors (Lipinski definition) is 4. The molecule has 0 radical (unpaired) electrons. The van der Waals surface area contributed by atoms with E-state index in [0.717, 1.165) is 29.9 Å². The maximum Gasteiger partial charge on any atom is 0.225 e. The summed E-state index contributed by atoms with van der Waals surface area (Å²) in [7, 11) is -3.51. The van der Waals surface area contributed by atoms with Crippen molar-refractivity contribution in [1.82, 2.24) is 0 Å². The van der Waals surface area contributed by atoms with Crippen molar-refractivity contribution in [2.45, 2.75) is 58.3 Å². The lowest BCUT2D eigenvalue weighted by Crippen LogP contribution is -2.22. The Hall–Kier alpha value is -2.34. The van der Waals surface area contributed by atoms with E-state index in [1.807, 2.05) is 37.3 Å². The van der Waals surface area contributed by atoms with Crippen molar-refractivity contribution in [3.63, 3.8) is 0 Å². The van der Waals surface area contributed by atoms with Crippen molar-refractivity contribution in [1.29, 1.82) is 0 Å². The van der Waals surface area contributed by atoms with Gasteiger partial charge in [0.05, 0.1) is 10.6 Å². The number of benzene rings is 2. The maximum atomic E-state index is 12.6. The van der Waals surface area contributed by atoms with Gasteiger partial charge in [-0.25, -0.2) is 8.42 Å². The molecule has 1 N–H and O–H groups in total. The number of nitrogens with zero attached hydrogens (tertiary/aromatic N) is 1. The van der Waals surface area contributed by atoms with Gasteiger partial charge in [-0.1, -0.05) is 32.9 Å². The molecular weight excluding hydrogens is 396 g/mol. The van der Waals surface area contributed by atoms with Crippen LogP contribution in [-0.2, 0) is 20.0 Å². The van der Waals surface area contributed by atoms with E-state index in [1.54, 1.807) is 12.1 Å². The molecule has 2 rings (SSSR count). The first-order chi connectivity index (χ1) is 14.0. The summed E-state index contributed by atoms with van der Waals surface area (Å²) in [5, 5.41) is 2.84. The minimum Gasteiger partial charge on any atom is -0.372 e. The van der Waals surface area contributed by atoms with Crippen molar-refractivity contribution >= 4 is 27.1 Å². The first-order valence-electron chi connectivity index (χ1n) is 10.5. The molecule has 0 heterocycles. The number of hydrogen-bond donors (Lipinski definition) is 1. The van der Waals surface area contributed by atoms with E-state index in [1.165, 1.54) is 0 Å². The van der Waals surface area contributed by atoms with E-state index in [2.05, 4.69) is 44.8 Å². The highest BCUT2D eigenvalue weighted by Crippen LogP contribution is 2.25. The number of sulfone groups is 1. The number of rotatable bonds is 8. The van der Waals surface area contributed by atoms with Gasteiger partial charge in [-0.3, -0.25) is 4.79 Å². The Balaban J connectivity index is 2.01. The molecule has 0 saturated heterocycles. The van der Waals surface area contributed by atoms with Crippen LogP contribution >= 0.6 is 0 Å². The summed E-state index contributed by atoms with van der Waals surface area (Å²) >= 11 is 0. The Labute approximate surface area is 181 Å². The van der Waals surface area contributed by atoms with Crippen LogP contribution in [0.25, 0.3) is 0 Å². The van der Waals surface area contributed by atoms with Crippen molar-refractivity contribution in [3.8, 4) is 0 Å². The maximum absolute atomic E-state index is 12.6. The number of carbonyl (C=O) groups is 1. The number of nitrogens with one attached hydrogen (secondary N) is 1. The Kier molecular flexibility index (Phi) is 7.70. The predicted octanol–water partition coefficient (Wildman–Crippen LogP) is 4.94. The van der Waals surface area contributed by atoms with Crippen LogP contribution in [-0.4, -0.2) is 33.2 Å². The fourth-order valence-corrected chi connectivity index (χ4v) is 4.53. The standard InChI is InChI=1S/C24H34N2O3S/c1-7-26(8-2)20-11-14-22(18(3)17-20)25-23(27)15-16-30(28,29)21-12-9-19(10-13-21)24(4,5)6/h9-14,17H,7-8,15-16H2,1-6H3,(H,25,27). The second-order valence-corrected chi connectivity index (χ2v) is 10.7. The number of amides is 1. The van der Waals surface area contributed by atoms with E-state index >= 15 is 0 Å². The lowest BCUT2D eigenvalue weighted by Gasteiger charge is -2.22. The zero-order chi connectivity index (χ0) is 22.5. The first-order valence-corrected chi connectivity index (χ1v) is 12.1. The summed E-state index contributed by atoms with van der Waals surface area (Å²) in [6.07, 6.45) is -0.0827. The molecule has 2 aromatic carbocycles. The molecule has 5 nitrogen and oxygen atoms in total. The third-order valence-corrected chi connectivity index (χ3v) is 7.02. The van der Waals surface area contributed by atoms with Gasteiger partial charge in [0.25, 0.3) is 0 Å². The SMILES string of the molecule is CCN(CC)c1ccc(NC(=O)CCS(=O)(=O)c2ccc(C(C)(C)C)cc2)c(C)c1. The molecule has 0 aliphatic rings. The average molecular weight is 431 g/mol. The van der Waals surface area contributed by atoms with E-state index in [-0.39, 0.29) is 28.4 Å². The fourth-order valence-electron chi connectivity index (χ4n) is 3.29. The zero-order valence-corrected chi connectivity index (χ0v) is 19.8. The van der Waals surface area contributed by atoms with Crippen LogP contribution in [0.4, 0.5) is 11.4 Å². The molecular formula is C24H34N2O3S. The van der Waals surface area contributed by atoms with Crippen LogP contribution in [0, 0.1) is 6.92 Å². The van der Waals surface area contributed by atoms with Crippen LogP contribution in [0.3, 0.4) is 0 Å². The Morgan fingerprint density at radius 3 is 2.10 bits per heavy atom. The minimum absolute atomic E-state index is 0.0408. The lowest BCUT2D eigenvalue weighted by molar-refractivity contribution is -0.115. The topological polar surface area (TPSA) is 66.5 Å². The van der Waals surface area contributed by atoms with Crippen LogP contribution in [0.1, 0.15) is 52.2 Å². The molecule has 0 aromatic heterocycles. The molecule has 2 aromatic rings. The molecule has 0 unspecified atom stereocenters. The van der Waals surface area contributed by atoms with E-state index in [0.29, 0.717) is 5.69 Å². The highest BCUT2D eigenvalue weighted by molar-refractivity contribution is 7.91. The summed E-state index contributed by atoms with van der Waals surface area (Å²) in [5.41, 5.74) is 3.80. The van der Waals surface area contributed by atoms with Gasteiger partial charge < -0.3 is 10.2 Å². The Bertz CT molecular complexity index is 971. The van der Waals surface area contributed by atoms with Gasteiger partial charge >= 0.3 is 0 Å². The van der Waals surface area contributed by atoms with Gasteiger partial charge in [-0.05, 0) is 67.6 Å². The van der Waals surface area contributed by atoms with Crippen molar-refractivity contribution in [3.05, 3.63) is 53.6 Å². The second kappa shape index (κ2) is 9.65. The first kappa shape index (κ1) is 23.9. The molecule has 0 bridgehead atoms. The van der Waals surface area contributed by atoms with Gasteiger partial charge in [0.1, 0.15) is 0 Å². The van der Waals surface area contributed by atoms with Crippen LogP contribution < -0.4 is 10.2 Å². The molecule has 30 heavy (non-hydrogen) atoms. The van der Waals surface area contributed by atoms with Gasteiger partial charge in [0.15, 0.2) is 9.84 Å². The minimum atomic E-state index is -3.51. The highest BCUT2D eigenvalue weighted by Gasteiger charge is 2.19. The van der Waals surface area contributed by atoms with Crippen molar-refractivity contribution in [2.24, 2.45) is 0 Å². The van der Waals surface area contributed by atoms with Crippen LogP contribution in [0.15, 0.2) is 47.4 Å². The summed E-state index contributed by atoms with van der Waals surface area (Å²) in [6.45, 7) is 14.2. The fraction of sp³-hybridized carbons (Fsp3) is 0.458. The molecule has 6 heteroatoms. The summed E-state index contributed by atoms with van der Waals surface area (Å²) in [4.78, 5) is 14.9. The molecule has 164 valence electrons. The van der Waals surface area contributed by atoms with Gasteiger partial charge in [-0.2, -0.15) is 0 Å². The van der Waals surface area contributed by atoms with Gasteiger partial charge in [0, 0.05) is 30.9 Å². The predicted molar refractivity (Wildman–Crippen MR) is 125 cm³/mol. The van der Waals surface area contributed by atoms with E-state index in [4.69, 9.17) is 0 Å². The Morgan fingerprint density at radius 2 is 1.60 bits per heavy atom. The Morgan fingerprint density at radius 1 is 1.00 bits per heavy atom. The van der Waals surface area contributed by atoms with Crippen molar-refractivity contribution < 1.29 is 13.2 Å². The molecule has 0 aliphatic heterocycles. The largest absolute Gasteiger partial charge is 0.372 e. The van der Waals surface area contributed by atoms with Crippen LogP contribution in [0.2, 0.25) is 0 Å². The lowest BCUT2D eigenvalue weighted by atomic mass is 9.87. The number of aryl methyl sites for hydroxylation is 1. The molecule has 0 atom stereocenters. The van der Waals surface area contributed by atoms with Crippen molar-refractivity contribution in [2.75, 3.05) is 29.1 Å². The molecule has 1 amide bonds. The van der Waals surface area contributed by atoms with E-state index < -0.39 is 9.84 Å². The normalized spacial score (nSPS) is 11.9. The van der Waals surface area contributed by atoms with E-state index in [9.17, 15) is 13.2 Å². The van der Waals surface area contributed by atoms with Gasteiger partial charge in [0.2, 0.25) is 5.91 Å². The molecule has 0 spiro atoms. The summed E-state index contributed by atoms with van der Waals surface area (Å²) in [5.74, 6) is -0.520. The molecule has 0 fully saturated rings. The number of carbonyl (C=O) groups excluding carboxylic acids is 1. The smallest absolute Gasteiger partial charge is 0.225 e. The van der Waals surface area contributed by atoms with Crippen LogP contribution in [0.5, 0.6) is 0 Å². The quantitative estimate of drug-likeness (QED) is 0.644. The van der Waals surface area contributed by atoms with Gasteiger partial charge in [-0.15, -0.1) is 0 Å². The number of anilines is 2. The highest BCUT2D eigenvalue weighted by atomic mass is 32.2. The third-order valence-electron chi connectivity index (χ3n) is 5.29. The second-order valence-electron chi connectivity index (χ2n) is 8.56. The summed E-state index contributed by atoms with van der Waals surface area (Å²) in [6, 6.07) is 12.8. The monoisotopic (exact) mass is 430 g/mol. The summed E-state index contributed by atoms with van der Waals surface area (Å²) < 4.78 is 25.2.